The molecule has 1 atom stereocenters. The predicted molar refractivity (Wildman–Crippen MR) is 162 cm³/mol. The molecule has 0 aliphatic heterocycles. The SMILES string of the molecule is CCNC(=O)[C@@H](Cc1ccccc1)N(Cc1ccc(Br)cc1)C(=O)CCCN(c1ccc(OC)cc1)S(C)(=O)=O. The Morgan fingerprint density at radius 3 is 2.17 bits per heavy atom. The number of hydrogen-bond acceptors (Lipinski definition) is 5. The molecular weight excluding hydrogens is 594 g/mol. The lowest BCUT2D eigenvalue weighted by atomic mass is 10.0. The fraction of sp³-hybridized carbons (Fsp3) is 0.333. The summed E-state index contributed by atoms with van der Waals surface area (Å²) in [5.41, 5.74) is 2.32. The first-order valence-electron chi connectivity index (χ1n) is 13.1. The van der Waals surface area contributed by atoms with Crippen LogP contribution in [0, 0.1) is 0 Å². The van der Waals surface area contributed by atoms with Crippen LogP contribution in [0.2, 0.25) is 0 Å². The normalized spacial score (nSPS) is 11.9. The van der Waals surface area contributed by atoms with Gasteiger partial charge in [-0.15, -0.1) is 0 Å². The first kappa shape index (κ1) is 31.2. The number of ether oxygens (including phenoxy) is 1. The molecule has 0 aliphatic rings. The van der Waals surface area contributed by atoms with Crippen molar-refractivity contribution in [3.05, 3.63) is 94.5 Å². The molecule has 0 saturated heterocycles. The van der Waals surface area contributed by atoms with Crippen LogP contribution in [0.3, 0.4) is 0 Å². The largest absolute Gasteiger partial charge is 0.497 e. The average molecular weight is 631 g/mol. The van der Waals surface area contributed by atoms with Gasteiger partial charge in [0.2, 0.25) is 21.8 Å². The number of benzene rings is 3. The Bertz CT molecular complexity index is 1350. The summed E-state index contributed by atoms with van der Waals surface area (Å²) >= 11 is 3.44. The quantitative estimate of drug-likeness (QED) is 0.277. The number of amides is 2. The summed E-state index contributed by atoms with van der Waals surface area (Å²) in [6.07, 6.45) is 1.85. The molecule has 10 heteroatoms. The van der Waals surface area contributed by atoms with Crippen molar-refractivity contribution in [3.8, 4) is 5.75 Å². The van der Waals surface area contributed by atoms with Crippen molar-refractivity contribution in [1.82, 2.24) is 10.2 Å². The van der Waals surface area contributed by atoms with E-state index < -0.39 is 16.1 Å². The average Bonchev–Trinajstić information content (AvgIpc) is 2.94. The van der Waals surface area contributed by atoms with Crippen molar-refractivity contribution < 1.29 is 22.7 Å². The zero-order valence-electron chi connectivity index (χ0n) is 23.0. The van der Waals surface area contributed by atoms with Crippen LogP contribution in [0.1, 0.15) is 30.9 Å². The fourth-order valence-electron chi connectivity index (χ4n) is 4.38. The fourth-order valence-corrected chi connectivity index (χ4v) is 5.61. The lowest BCUT2D eigenvalue weighted by Crippen LogP contribution is -2.50. The van der Waals surface area contributed by atoms with E-state index >= 15 is 0 Å². The van der Waals surface area contributed by atoms with Gasteiger partial charge in [-0.1, -0.05) is 58.4 Å². The van der Waals surface area contributed by atoms with E-state index in [1.807, 2.05) is 61.5 Å². The number of anilines is 1. The molecule has 1 N–H and O–H groups in total. The first-order chi connectivity index (χ1) is 19.1. The van der Waals surface area contributed by atoms with E-state index in [9.17, 15) is 18.0 Å². The van der Waals surface area contributed by atoms with Crippen molar-refractivity contribution in [2.75, 3.05) is 30.8 Å². The number of sulfonamides is 1. The molecule has 0 spiro atoms. The van der Waals surface area contributed by atoms with Crippen LogP contribution in [0.4, 0.5) is 5.69 Å². The number of carbonyl (C=O) groups excluding carboxylic acids is 2. The van der Waals surface area contributed by atoms with Gasteiger partial charge >= 0.3 is 0 Å². The molecule has 40 heavy (non-hydrogen) atoms. The maximum absolute atomic E-state index is 13.8. The van der Waals surface area contributed by atoms with Crippen LogP contribution in [-0.4, -0.2) is 57.6 Å². The molecule has 0 aromatic heterocycles. The van der Waals surface area contributed by atoms with Crippen molar-refractivity contribution in [1.29, 1.82) is 0 Å². The van der Waals surface area contributed by atoms with Gasteiger partial charge in [0.1, 0.15) is 11.8 Å². The highest BCUT2D eigenvalue weighted by molar-refractivity contribution is 9.10. The topological polar surface area (TPSA) is 96.0 Å². The molecule has 0 aliphatic carbocycles. The molecule has 0 heterocycles. The Labute approximate surface area is 245 Å². The zero-order chi connectivity index (χ0) is 29.1. The number of methoxy groups -OCH3 is 1. The van der Waals surface area contributed by atoms with Gasteiger partial charge < -0.3 is 15.0 Å². The predicted octanol–water partition coefficient (Wildman–Crippen LogP) is 4.78. The Hall–Kier alpha value is -3.37. The smallest absolute Gasteiger partial charge is 0.243 e. The number of likely N-dealkylation sites (N-methyl/N-ethyl adjacent to an activating group) is 1. The molecule has 2 amide bonds. The van der Waals surface area contributed by atoms with Crippen LogP contribution in [0.15, 0.2) is 83.3 Å². The third-order valence-corrected chi connectivity index (χ3v) is 8.12. The summed E-state index contributed by atoms with van der Waals surface area (Å²) in [6, 6.07) is 23.2. The Kier molecular flexibility index (Phi) is 11.6. The van der Waals surface area contributed by atoms with E-state index in [1.54, 1.807) is 36.3 Å². The number of hydrogen-bond donors (Lipinski definition) is 1. The molecule has 3 aromatic carbocycles. The van der Waals surface area contributed by atoms with Gasteiger partial charge in [0.15, 0.2) is 0 Å². The monoisotopic (exact) mass is 629 g/mol. The summed E-state index contributed by atoms with van der Waals surface area (Å²) in [5.74, 6) is 0.164. The summed E-state index contributed by atoms with van der Waals surface area (Å²) in [5, 5.41) is 2.88. The maximum atomic E-state index is 13.8. The Balaban J connectivity index is 1.84. The highest BCUT2D eigenvalue weighted by Crippen LogP contribution is 2.23. The third kappa shape index (κ3) is 9.09. The highest BCUT2D eigenvalue weighted by Gasteiger charge is 2.30. The molecule has 0 fully saturated rings. The number of nitrogens with one attached hydrogen (secondary N) is 1. The van der Waals surface area contributed by atoms with Gasteiger partial charge in [-0.3, -0.25) is 13.9 Å². The van der Waals surface area contributed by atoms with E-state index in [2.05, 4.69) is 21.2 Å². The highest BCUT2D eigenvalue weighted by atomic mass is 79.9. The van der Waals surface area contributed by atoms with Crippen molar-refractivity contribution in [2.24, 2.45) is 0 Å². The van der Waals surface area contributed by atoms with Crippen LogP contribution in [-0.2, 0) is 32.6 Å². The maximum Gasteiger partial charge on any atom is 0.243 e. The lowest BCUT2D eigenvalue weighted by molar-refractivity contribution is -0.141. The second kappa shape index (κ2) is 14.9. The minimum absolute atomic E-state index is 0.0728. The third-order valence-electron chi connectivity index (χ3n) is 6.40. The lowest BCUT2D eigenvalue weighted by Gasteiger charge is -2.32. The van der Waals surface area contributed by atoms with E-state index in [-0.39, 0.29) is 37.7 Å². The molecule has 3 rings (SSSR count). The van der Waals surface area contributed by atoms with Gasteiger partial charge in [-0.2, -0.15) is 0 Å². The Morgan fingerprint density at radius 2 is 1.60 bits per heavy atom. The van der Waals surface area contributed by atoms with Crippen molar-refractivity contribution >= 4 is 43.5 Å². The van der Waals surface area contributed by atoms with E-state index in [4.69, 9.17) is 4.74 Å². The van der Waals surface area contributed by atoms with Gasteiger partial charge in [0, 0.05) is 36.9 Å². The van der Waals surface area contributed by atoms with Gasteiger partial charge in [-0.25, -0.2) is 8.42 Å². The molecule has 8 nitrogen and oxygen atoms in total. The molecule has 0 saturated carbocycles. The minimum atomic E-state index is -3.59. The number of rotatable bonds is 14. The second-order valence-electron chi connectivity index (χ2n) is 9.38. The van der Waals surface area contributed by atoms with Crippen LogP contribution >= 0.6 is 15.9 Å². The van der Waals surface area contributed by atoms with Gasteiger partial charge in [-0.05, 0) is 60.9 Å². The first-order valence-corrected chi connectivity index (χ1v) is 15.7. The minimum Gasteiger partial charge on any atom is -0.497 e. The summed E-state index contributed by atoms with van der Waals surface area (Å²) in [7, 11) is -2.04. The number of nitrogens with zero attached hydrogens (tertiary/aromatic N) is 2. The molecule has 0 radical (unpaired) electrons. The van der Waals surface area contributed by atoms with Crippen LogP contribution < -0.4 is 14.4 Å². The second-order valence-corrected chi connectivity index (χ2v) is 12.2. The summed E-state index contributed by atoms with van der Waals surface area (Å²) in [4.78, 5) is 28.6. The Morgan fingerprint density at radius 1 is 0.950 bits per heavy atom. The van der Waals surface area contributed by atoms with E-state index in [0.717, 1.165) is 21.9 Å². The number of carbonyl (C=O) groups is 2. The molecule has 0 bridgehead atoms. The summed E-state index contributed by atoms with van der Waals surface area (Å²) < 4.78 is 32.5. The van der Waals surface area contributed by atoms with E-state index in [1.165, 1.54) is 4.31 Å². The molecular formula is C30H36BrN3O5S. The summed E-state index contributed by atoms with van der Waals surface area (Å²) in [6.45, 7) is 2.65. The van der Waals surface area contributed by atoms with Gasteiger partial charge in [0.25, 0.3) is 0 Å². The van der Waals surface area contributed by atoms with E-state index in [0.29, 0.717) is 24.4 Å². The standard InChI is InChI=1S/C30H36BrN3O5S/c1-4-32-30(36)28(21-23-9-6-5-7-10-23)33(22-24-12-14-25(31)15-13-24)29(35)11-8-20-34(40(3,37)38)26-16-18-27(39-2)19-17-26/h5-7,9-10,12-19,28H,4,8,11,20-22H2,1-3H3,(H,32,36)/t28-/m1/s1. The van der Waals surface area contributed by atoms with Crippen LogP contribution in [0.25, 0.3) is 0 Å². The molecule has 0 unspecified atom stereocenters. The zero-order valence-corrected chi connectivity index (χ0v) is 25.4. The molecule has 214 valence electrons. The molecule has 3 aromatic rings. The van der Waals surface area contributed by atoms with Gasteiger partial charge in [0.05, 0.1) is 19.1 Å². The van der Waals surface area contributed by atoms with Crippen molar-refractivity contribution in [2.45, 2.75) is 38.8 Å². The van der Waals surface area contributed by atoms with Crippen LogP contribution in [0.5, 0.6) is 5.75 Å². The number of halogens is 1. The van der Waals surface area contributed by atoms with Crippen molar-refractivity contribution in [3.63, 3.8) is 0 Å².